The van der Waals surface area contributed by atoms with Crippen LogP contribution in [0.4, 0.5) is 0 Å². The minimum Gasteiger partial charge on any atom is -0.297 e. The lowest BCUT2D eigenvalue weighted by Crippen LogP contribution is -2.40. The van der Waals surface area contributed by atoms with Gasteiger partial charge >= 0.3 is 0 Å². The summed E-state index contributed by atoms with van der Waals surface area (Å²) in [7, 11) is 0. The highest BCUT2D eigenvalue weighted by Gasteiger charge is 2.26. The van der Waals surface area contributed by atoms with Crippen molar-refractivity contribution in [2.75, 3.05) is 13.1 Å². The molecule has 2 unspecified atom stereocenters. The quantitative estimate of drug-likeness (QED) is 0.517. The highest BCUT2D eigenvalue weighted by atomic mass is 15.2. The molecule has 27 heavy (non-hydrogen) atoms. The van der Waals surface area contributed by atoms with Gasteiger partial charge in [0, 0.05) is 6.04 Å². The van der Waals surface area contributed by atoms with Gasteiger partial charge in [-0.05, 0) is 76.1 Å². The Hall–Kier alpha value is -1.86. The molecule has 0 amide bonds. The second kappa shape index (κ2) is 9.37. The van der Waals surface area contributed by atoms with E-state index in [1.807, 2.05) is 0 Å². The van der Waals surface area contributed by atoms with Crippen LogP contribution in [0.2, 0.25) is 0 Å². The van der Waals surface area contributed by atoms with E-state index in [0.29, 0.717) is 12.0 Å². The van der Waals surface area contributed by atoms with Crippen molar-refractivity contribution in [1.82, 2.24) is 4.90 Å². The smallest absolute Gasteiger partial charge is 0.0286 e. The molecule has 0 bridgehead atoms. The summed E-state index contributed by atoms with van der Waals surface area (Å²) in [4.78, 5) is 2.72. The van der Waals surface area contributed by atoms with Crippen molar-refractivity contribution in [2.45, 2.75) is 64.8 Å². The van der Waals surface area contributed by atoms with Crippen LogP contribution in [0.1, 0.15) is 68.6 Å². The third-order valence-corrected chi connectivity index (χ3v) is 6.04. The minimum absolute atomic E-state index is 0.544. The Labute approximate surface area is 166 Å². The minimum atomic E-state index is 0.544. The first-order chi connectivity index (χ1) is 13.0. The Kier molecular flexibility index (Phi) is 6.90. The van der Waals surface area contributed by atoms with E-state index >= 15 is 0 Å². The zero-order valence-electron chi connectivity index (χ0n) is 17.5. The molecule has 2 aromatic rings. The number of piperidine rings is 1. The fourth-order valence-corrected chi connectivity index (χ4v) is 4.39. The van der Waals surface area contributed by atoms with E-state index in [2.05, 4.69) is 93.3 Å². The summed E-state index contributed by atoms with van der Waals surface area (Å²) >= 11 is 0. The van der Waals surface area contributed by atoms with E-state index in [1.165, 1.54) is 54.6 Å². The van der Waals surface area contributed by atoms with Crippen molar-refractivity contribution in [3.63, 3.8) is 0 Å². The van der Waals surface area contributed by atoms with Gasteiger partial charge < -0.3 is 0 Å². The predicted octanol–water partition coefficient (Wildman–Crippen LogP) is 6.70. The Bertz CT molecular complexity index is 717. The topological polar surface area (TPSA) is 3.24 Å². The number of benzene rings is 2. The first-order valence-corrected chi connectivity index (χ1v) is 10.5. The van der Waals surface area contributed by atoms with Crippen LogP contribution in [-0.2, 0) is 0 Å². The van der Waals surface area contributed by atoms with Crippen LogP contribution >= 0.6 is 0 Å². The number of aryl methyl sites for hydroxylation is 1. The standard InChI is InChI=1S/C26H35N/c1-20(2)18-26(19-22(4)23-12-10-21(3)11-13-23)27-16-14-25(15-17-27)24-8-6-5-7-9-24/h5-13,18,22,25-26H,14-17,19H2,1-4H3. The molecule has 1 saturated heterocycles. The molecule has 2 atom stereocenters. The molecule has 1 nitrogen and oxygen atoms in total. The van der Waals surface area contributed by atoms with Crippen LogP contribution in [0.3, 0.4) is 0 Å². The van der Waals surface area contributed by atoms with Gasteiger partial charge in [0.15, 0.2) is 0 Å². The van der Waals surface area contributed by atoms with Crippen LogP contribution in [0, 0.1) is 6.92 Å². The maximum atomic E-state index is 2.72. The molecule has 0 spiro atoms. The monoisotopic (exact) mass is 361 g/mol. The number of likely N-dealkylation sites (tertiary alicyclic amines) is 1. The first-order valence-electron chi connectivity index (χ1n) is 10.5. The molecule has 1 aliphatic heterocycles. The Morgan fingerprint density at radius 1 is 1.00 bits per heavy atom. The number of allylic oxidation sites excluding steroid dienone is 1. The van der Waals surface area contributed by atoms with E-state index in [1.54, 1.807) is 0 Å². The Balaban J connectivity index is 1.65. The van der Waals surface area contributed by atoms with Crippen molar-refractivity contribution >= 4 is 0 Å². The van der Waals surface area contributed by atoms with Crippen LogP contribution < -0.4 is 0 Å². The molecule has 1 heteroatoms. The summed E-state index contributed by atoms with van der Waals surface area (Å²) < 4.78 is 0. The third kappa shape index (κ3) is 5.56. The van der Waals surface area contributed by atoms with Gasteiger partial charge in [0.2, 0.25) is 0 Å². The van der Waals surface area contributed by atoms with E-state index in [9.17, 15) is 0 Å². The second-order valence-electron chi connectivity index (χ2n) is 8.58. The van der Waals surface area contributed by atoms with E-state index in [4.69, 9.17) is 0 Å². The molecular weight excluding hydrogens is 326 g/mol. The maximum Gasteiger partial charge on any atom is 0.0286 e. The molecule has 2 aromatic carbocycles. The first kappa shape index (κ1) is 19.9. The fourth-order valence-electron chi connectivity index (χ4n) is 4.39. The van der Waals surface area contributed by atoms with Crippen molar-refractivity contribution in [3.8, 4) is 0 Å². The highest BCUT2D eigenvalue weighted by Crippen LogP contribution is 2.31. The lowest BCUT2D eigenvalue weighted by Gasteiger charge is -2.38. The maximum absolute atomic E-state index is 2.72. The molecule has 3 rings (SSSR count). The van der Waals surface area contributed by atoms with Gasteiger partial charge in [-0.25, -0.2) is 0 Å². The van der Waals surface area contributed by atoms with Crippen LogP contribution in [0.5, 0.6) is 0 Å². The predicted molar refractivity (Wildman–Crippen MR) is 117 cm³/mol. The van der Waals surface area contributed by atoms with Crippen molar-refractivity contribution in [2.24, 2.45) is 0 Å². The normalized spacial score (nSPS) is 18.1. The average molecular weight is 362 g/mol. The summed E-state index contributed by atoms with van der Waals surface area (Å²) in [5.74, 6) is 1.31. The Morgan fingerprint density at radius 2 is 1.63 bits per heavy atom. The van der Waals surface area contributed by atoms with Crippen molar-refractivity contribution < 1.29 is 0 Å². The van der Waals surface area contributed by atoms with Crippen molar-refractivity contribution in [1.29, 1.82) is 0 Å². The molecule has 1 aliphatic rings. The molecule has 0 aliphatic carbocycles. The summed E-state index contributed by atoms with van der Waals surface area (Å²) in [6, 6.07) is 20.7. The summed E-state index contributed by atoms with van der Waals surface area (Å²) in [6.07, 6.45) is 6.24. The SMILES string of the molecule is CC(C)=CC(CC(C)c1ccc(C)cc1)N1CCC(c2ccccc2)CC1. The molecule has 0 saturated carbocycles. The van der Waals surface area contributed by atoms with Gasteiger partial charge in [0.1, 0.15) is 0 Å². The highest BCUT2D eigenvalue weighted by molar-refractivity contribution is 5.25. The van der Waals surface area contributed by atoms with Gasteiger partial charge in [-0.3, -0.25) is 4.90 Å². The average Bonchev–Trinajstić information content (AvgIpc) is 2.68. The van der Waals surface area contributed by atoms with Gasteiger partial charge in [-0.1, -0.05) is 78.7 Å². The van der Waals surface area contributed by atoms with Gasteiger partial charge in [0.05, 0.1) is 0 Å². The van der Waals surface area contributed by atoms with Crippen LogP contribution in [0.25, 0.3) is 0 Å². The molecule has 144 valence electrons. The molecule has 0 N–H and O–H groups in total. The molecule has 0 aromatic heterocycles. The second-order valence-corrected chi connectivity index (χ2v) is 8.58. The van der Waals surface area contributed by atoms with E-state index in [-0.39, 0.29) is 0 Å². The van der Waals surface area contributed by atoms with Crippen LogP contribution in [-0.4, -0.2) is 24.0 Å². The third-order valence-electron chi connectivity index (χ3n) is 6.04. The van der Waals surface area contributed by atoms with Gasteiger partial charge in [-0.15, -0.1) is 0 Å². The zero-order chi connectivity index (χ0) is 19.2. The fraction of sp³-hybridized carbons (Fsp3) is 0.462. The zero-order valence-corrected chi connectivity index (χ0v) is 17.5. The molecule has 1 heterocycles. The summed E-state index contributed by atoms with van der Waals surface area (Å²) in [6.45, 7) is 11.4. The lowest BCUT2D eigenvalue weighted by molar-refractivity contribution is 0.166. The van der Waals surface area contributed by atoms with E-state index in [0.717, 1.165) is 5.92 Å². The summed E-state index contributed by atoms with van der Waals surface area (Å²) in [5.41, 5.74) is 5.76. The van der Waals surface area contributed by atoms with Gasteiger partial charge in [-0.2, -0.15) is 0 Å². The van der Waals surface area contributed by atoms with E-state index < -0.39 is 0 Å². The number of rotatable bonds is 6. The summed E-state index contributed by atoms with van der Waals surface area (Å²) in [5, 5.41) is 0. The molecule has 1 fully saturated rings. The number of hydrogen-bond donors (Lipinski definition) is 0. The Morgan fingerprint density at radius 3 is 2.22 bits per heavy atom. The largest absolute Gasteiger partial charge is 0.297 e. The van der Waals surface area contributed by atoms with Crippen LogP contribution in [0.15, 0.2) is 66.2 Å². The molecular formula is C26H35N. The van der Waals surface area contributed by atoms with Gasteiger partial charge in [0.25, 0.3) is 0 Å². The van der Waals surface area contributed by atoms with Crippen molar-refractivity contribution in [3.05, 3.63) is 82.9 Å². The molecule has 0 radical (unpaired) electrons. The number of nitrogens with zero attached hydrogens (tertiary/aromatic N) is 1. The lowest BCUT2D eigenvalue weighted by atomic mass is 9.87. The number of hydrogen-bond acceptors (Lipinski definition) is 1.